The second-order valence-electron chi connectivity index (χ2n) is 5.53. The Morgan fingerprint density at radius 1 is 1.19 bits per heavy atom. The first-order valence-electron chi connectivity index (χ1n) is 5.90. The highest BCUT2D eigenvalue weighted by Crippen LogP contribution is 2.27. The summed E-state index contributed by atoms with van der Waals surface area (Å²) in [7, 11) is 0. The zero-order valence-corrected chi connectivity index (χ0v) is 11.1. The molecule has 1 heteroatoms. The fraction of sp³-hybridized carbons (Fsp3) is 0.533. The van der Waals surface area contributed by atoms with Gasteiger partial charge in [0.05, 0.1) is 0 Å². The maximum absolute atomic E-state index is 10.5. The number of carbonyl (C=O) groups excluding carboxylic acids is 1. The van der Waals surface area contributed by atoms with Crippen molar-refractivity contribution in [2.45, 2.75) is 52.9 Å². The molecule has 0 radical (unpaired) electrons. The number of hydrogen-bond acceptors (Lipinski definition) is 1. The fourth-order valence-corrected chi connectivity index (χ4v) is 1.84. The van der Waals surface area contributed by atoms with Gasteiger partial charge in [0.2, 0.25) is 0 Å². The summed E-state index contributed by atoms with van der Waals surface area (Å²) in [6.45, 7) is 11.0. The SMILES string of the molecule is Cc1cc(C(C)(C)C)cc(CCC=O)c1C. The summed E-state index contributed by atoms with van der Waals surface area (Å²) < 4.78 is 0. The summed E-state index contributed by atoms with van der Waals surface area (Å²) in [6, 6.07) is 4.52. The molecule has 0 amide bonds. The smallest absolute Gasteiger partial charge is 0.120 e. The van der Waals surface area contributed by atoms with Crippen LogP contribution in [0.25, 0.3) is 0 Å². The van der Waals surface area contributed by atoms with Gasteiger partial charge in [0.15, 0.2) is 0 Å². The second kappa shape index (κ2) is 4.82. The molecule has 0 aliphatic carbocycles. The van der Waals surface area contributed by atoms with Gasteiger partial charge in [-0.25, -0.2) is 0 Å². The van der Waals surface area contributed by atoms with E-state index in [9.17, 15) is 4.79 Å². The zero-order chi connectivity index (χ0) is 12.3. The number of aryl methyl sites for hydroxylation is 2. The standard InChI is InChI=1S/C15H22O/c1-11-9-14(15(3,4)5)10-13(12(11)2)7-6-8-16/h8-10H,6-7H2,1-5H3. The number of carbonyl (C=O) groups is 1. The molecule has 1 nitrogen and oxygen atoms in total. The zero-order valence-electron chi connectivity index (χ0n) is 11.1. The lowest BCUT2D eigenvalue weighted by Crippen LogP contribution is -2.12. The molecule has 0 bridgehead atoms. The van der Waals surface area contributed by atoms with Gasteiger partial charge >= 0.3 is 0 Å². The second-order valence-corrected chi connectivity index (χ2v) is 5.53. The largest absolute Gasteiger partial charge is 0.303 e. The first-order valence-corrected chi connectivity index (χ1v) is 5.90. The minimum Gasteiger partial charge on any atom is -0.303 e. The van der Waals surface area contributed by atoms with Crippen molar-refractivity contribution in [3.05, 3.63) is 34.4 Å². The Bertz CT molecular complexity index is 383. The summed E-state index contributed by atoms with van der Waals surface area (Å²) >= 11 is 0. The molecule has 0 heterocycles. The van der Waals surface area contributed by atoms with Gasteiger partial charge in [0.25, 0.3) is 0 Å². The van der Waals surface area contributed by atoms with Crippen molar-refractivity contribution in [3.8, 4) is 0 Å². The Labute approximate surface area is 98.9 Å². The molecule has 0 saturated carbocycles. The molecular weight excluding hydrogens is 196 g/mol. The third-order valence-corrected chi connectivity index (χ3v) is 3.17. The Hall–Kier alpha value is -1.11. The van der Waals surface area contributed by atoms with Gasteiger partial charge in [-0.05, 0) is 47.9 Å². The van der Waals surface area contributed by atoms with E-state index in [4.69, 9.17) is 0 Å². The quantitative estimate of drug-likeness (QED) is 0.706. The van der Waals surface area contributed by atoms with Gasteiger partial charge in [-0.15, -0.1) is 0 Å². The van der Waals surface area contributed by atoms with Gasteiger partial charge < -0.3 is 4.79 Å². The van der Waals surface area contributed by atoms with Crippen LogP contribution in [0.4, 0.5) is 0 Å². The molecule has 1 rings (SSSR count). The Morgan fingerprint density at radius 3 is 2.31 bits per heavy atom. The van der Waals surface area contributed by atoms with Crippen LogP contribution in [0, 0.1) is 13.8 Å². The predicted octanol–water partition coefficient (Wildman–Crippen LogP) is 3.73. The maximum Gasteiger partial charge on any atom is 0.120 e. The molecule has 1 aromatic carbocycles. The Morgan fingerprint density at radius 2 is 1.81 bits per heavy atom. The molecule has 1 aromatic rings. The summed E-state index contributed by atoms with van der Waals surface area (Å²) in [5.41, 5.74) is 5.51. The summed E-state index contributed by atoms with van der Waals surface area (Å²) in [5.74, 6) is 0. The molecule has 88 valence electrons. The van der Waals surface area contributed by atoms with E-state index in [0.29, 0.717) is 6.42 Å². The van der Waals surface area contributed by atoms with Crippen molar-refractivity contribution in [3.63, 3.8) is 0 Å². The van der Waals surface area contributed by atoms with E-state index in [2.05, 4.69) is 46.8 Å². The first-order chi connectivity index (χ1) is 7.36. The molecule has 0 spiro atoms. The Kier molecular flexibility index (Phi) is 3.90. The van der Waals surface area contributed by atoms with Gasteiger partial charge in [0.1, 0.15) is 6.29 Å². The van der Waals surface area contributed by atoms with Crippen LogP contribution in [0.3, 0.4) is 0 Å². The van der Waals surface area contributed by atoms with Gasteiger partial charge in [-0.1, -0.05) is 32.9 Å². The van der Waals surface area contributed by atoms with E-state index in [-0.39, 0.29) is 5.41 Å². The lowest BCUT2D eigenvalue weighted by atomic mass is 9.83. The van der Waals surface area contributed by atoms with E-state index in [1.54, 1.807) is 0 Å². The average molecular weight is 218 g/mol. The summed E-state index contributed by atoms with van der Waals surface area (Å²) in [4.78, 5) is 10.5. The van der Waals surface area contributed by atoms with E-state index in [1.807, 2.05) is 0 Å². The van der Waals surface area contributed by atoms with Gasteiger partial charge in [-0.2, -0.15) is 0 Å². The molecular formula is C15H22O. The molecule has 0 aliphatic heterocycles. The Balaban J connectivity index is 3.16. The number of rotatable bonds is 3. The third kappa shape index (κ3) is 2.94. The monoisotopic (exact) mass is 218 g/mol. The van der Waals surface area contributed by atoms with Crippen LogP contribution in [0.15, 0.2) is 12.1 Å². The van der Waals surface area contributed by atoms with Crippen molar-refractivity contribution in [2.24, 2.45) is 0 Å². The normalized spacial score (nSPS) is 11.6. The highest BCUT2D eigenvalue weighted by atomic mass is 16.1. The fourth-order valence-electron chi connectivity index (χ4n) is 1.84. The minimum atomic E-state index is 0.175. The van der Waals surface area contributed by atoms with Crippen molar-refractivity contribution in [2.75, 3.05) is 0 Å². The van der Waals surface area contributed by atoms with E-state index in [0.717, 1.165) is 12.7 Å². The van der Waals surface area contributed by atoms with Crippen molar-refractivity contribution < 1.29 is 4.79 Å². The van der Waals surface area contributed by atoms with E-state index in [1.165, 1.54) is 22.3 Å². The molecule has 0 aromatic heterocycles. The number of hydrogen-bond donors (Lipinski definition) is 0. The molecule has 0 atom stereocenters. The van der Waals surface area contributed by atoms with E-state index >= 15 is 0 Å². The number of aldehydes is 1. The molecule has 16 heavy (non-hydrogen) atoms. The number of benzene rings is 1. The van der Waals surface area contributed by atoms with Crippen LogP contribution in [0.2, 0.25) is 0 Å². The topological polar surface area (TPSA) is 17.1 Å². The molecule has 0 aliphatic rings. The van der Waals surface area contributed by atoms with Crippen LogP contribution in [0.5, 0.6) is 0 Å². The molecule has 0 saturated heterocycles. The van der Waals surface area contributed by atoms with Crippen LogP contribution in [0.1, 0.15) is 49.4 Å². The average Bonchev–Trinajstić information content (AvgIpc) is 2.18. The highest BCUT2D eigenvalue weighted by molar-refractivity contribution is 5.51. The molecule has 0 N–H and O–H groups in total. The lowest BCUT2D eigenvalue weighted by Gasteiger charge is -2.22. The third-order valence-electron chi connectivity index (χ3n) is 3.17. The predicted molar refractivity (Wildman–Crippen MR) is 69.0 cm³/mol. The minimum absolute atomic E-state index is 0.175. The van der Waals surface area contributed by atoms with Crippen LogP contribution < -0.4 is 0 Å². The highest BCUT2D eigenvalue weighted by Gasteiger charge is 2.15. The van der Waals surface area contributed by atoms with Crippen molar-refractivity contribution in [1.82, 2.24) is 0 Å². The van der Waals surface area contributed by atoms with Crippen molar-refractivity contribution >= 4 is 6.29 Å². The van der Waals surface area contributed by atoms with Crippen LogP contribution in [-0.4, -0.2) is 6.29 Å². The molecule has 0 fully saturated rings. The van der Waals surface area contributed by atoms with E-state index < -0.39 is 0 Å². The van der Waals surface area contributed by atoms with Gasteiger partial charge in [-0.3, -0.25) is 0 Å². The van der Waals surface area contributed by atoms with Crippen LogP contribution >= 0.6 is 0 Å². The van der Waals surface area contributed by atoms with Gasteiger partial charge in [0, 0.05) is 6.42 Å². The molecule has 0 unspecified atom stereocenters. The first kappa shape index (κ1) is 13.0. The van der Waals surface area contributed by atoms with Crippen LogP contribution in [-0.2, 0) is 16.6 Å². The summed E-state index contributed by atoms with van der Waals surface area (Å²) in [5, 5.41) is 0. The maximum atomic E-state index is 10.5. The van der Waals surface area contributed by atoms with Crippen molar-refractivity contribution in [1.29, 1.82) is 0 Å². The summed E-state index contributed by atoms with van der Waals surface area (Å²) in [6.07, 6.45) is 2.48. The lowest BCUT2D eigenvalue weighted by molar-refractivity contribution is -0.107.